The fraction of sp³-hybridized carbons (Fsp3) is 0.455. The van der Waals surface area contributed by atoms with Crippen LogP contribution >= 0.6 is 0 Å². The van der Waals surface area contributed by atoms with E-state index in [-0.39, 0.29) is 5.56 Å². The highest BCUT2D eigenvalue weighted by molar-refractivity contribution is 5.36. The molecule has 0 saturated heterocycles. The number of alkyl halides is 6. The molecule has 0 fully saturated rings. The smallest absolute Gasteiger partial charge is 0.434 e. The number of aryl methyl sites for hydroxylation is 2. The molecular weight excluding hydrogens is 262 g/mol. The van der Waals surface area contributed by atoms with E-state index in [2.05, 4.69) is 4.74 Å². The molecule has 0 heterocycles. The van der Waals surface area contributed by atoms with Gasteiger partial charge in [-0.25, -0.2) is 0 Å². The van der Waals surface area contributed by atoms with Gasteiger partial charge in [-0.2, -0.15) is 26.3 Å². The fourth-order valence-electron chi connectivity index (χ4n) is 1.38. The second-order valence-corrected chi connectivity index (χ2v) is 3.85. The normalized spacial score (nSPS) is 12.9. The third-order valence-corrected chi connectivity index (χ3v) is 2.17. The average molecular weight is 272 g/mol. The molecule has 1 aromatic rings. The summed E-state index contributed by atoms with van der Waals surface area (Å²) in [5, 5.41) is 0. The Bertz CT molecular complexity index is 407. The lowest BCUT2D eigenvalue weighted by atomic mass is 10.1. The molecule has 1 nitrogen and oxygen atoms in total. The number of hydrogen-bond acceptors (Lipinski definition) is 1. The van der Waals surface area contributed by atoms with Gasteiger partial charge >= 0.3 is 12.4 Å². The Labute approximate surface area is 99.4 Å². The minimum absolute atomic E-state index is 0.216. The number of ether oxygens (including phenoxy) is 1. The fourth-order valence-corrected chi connectivity index (χ4v) is 1.38. The van der Waals surface area contributed by atoms with Crippen molar-refractivity contribution in [1.29, 1.82) is 0 Å². The zero-order chi connectivity index (χ0) is 14.1. The molecule has 0 bridgehead atoms. The van der Waals surface area contributed by atoms with Gasteiger partial charge in [-0.3, -0.25) is 0 Å². The van der Waals surface area contributed by atoms with E-state index in [1.54, 1.807) is 6.92 Å². The molecule has 7 heteroatoms. The summed E-state index contributed by atoms with van der Waals surface area (Å²) < 4.78 is 77.7. The summed E-state index contributed by atoms with van der Waals surface area (Å²) in [5.41, 5.74) is 0.934. The average Bonchev–Trinajstić information content (AvgIpc) is 2.12. The highest BCUT2D eigenvalue weighted by atomic mass is 19.4. The summed E-state index contributed by atoms with van der Waals surface area (Å²) >= 11 is 0. The first-order chi connectivity index (χ1) is 8.01. The number of hydrogen-bond donors (Lipinski definition) is 0. The Morgan fingerprint density at radius 3 is 1.83 bits per heavy atom. The van der Waals surface area contributed by atoms with Gasteiger partial charge in [0.05, 0.1) is 0 Å². The maximum Gasteiger partial charge on any atom is 0.434 e. The van der Waals surface area contributed by atoms with Crippen LogP contribution in [0.2, 0.25) is 0 Å². The molecule has 1 rings (SSSR count). The molecule has 18 heavy (non-hydrogen) atoms. The first-order valence-corrected chi connectivity index (χ1v) is 4.89. The lowest BCUT2D eigenvalue weighted by molar-refractivity contribution is -0.299. The predicted molar refractivity (Wildman–Crippen MR) is 52.4 cm³/mol. The first kappa shape index (κ1) is 14.7. The van der Waals surface area contributed by atoms with Gasteiger partial charge < -0.3 is 4.74 Å². The monoisotopic (exact) mass is 272 g/mol. The molecule has 102 valence electrons. The van der Waals surface area contributed by atoms with Gasteiger partial charge in [0.1, 0.15) is 5.75 Å². The van der Waals surface area contributed by atoms with Crippen LogP contribution in [0.15, 0.2) is 18.2 Å². The summed E-state index contributed by atoms with van der Waals surface area (Å²) in [6, 6.07) is 3.92. The second-order valence-electron chi connectivity index (χ2n) is 3.85. The Kier molecular flexibility index (Phi) is 3.83. The molecule has 0 amide bonds. The molecule has 1 aromatic carbocycles. The minimum atomic E-state index is -5.50. The molecule has 0 aliphatic carbocycles. The van der Waals surface area contributed by atoms with Crippen molar-refractivity contribution >= 4 is 0 Å². The van der Waals surface area contributed by atoms with Crippen LogP contribution in [0.1, 0.15) is 11.1 Å². The van der Waals surface area contributed by atoms with Crippen molar-refractivity contribution in [3.8, 4) is 5.75 Å². The third kappa shape index (κ3) is 3.54. The summed E-state index contributed by atoms with van der Waals surface area (Å²) in [4.78, 5) is 0. The molecular formula is C11H10F6O. The SMILES string of the molecule is Cc1ccc(OC(C(F)(F)F)C(F)(F)F)c(C)c1. The van der Waals surface area contributed by atoms with Crippen molar-refractivity contribution < 1.29 is 31.1 Å². The van der Waals surface area contributed by atoms with Crippen molar-refractivity contribution in [1.82, 2.24) is 0 Å². The first-order valence-electron chi connectivity index (χ1n) is 4.89. The van der Waals surface area contributed by atoms with Gasteiger partial charge in [0.25, 0.3) is 6.10 Å². The van der Waals surface area contributed by atoms with E-state index in [1.165, 1.54) is 19.1 Å². The minimum Gasteiger partial charge on any atom is -0.471 e. The molecule has 0 aliphatic heterocycles. The van der Waals surface area contributed by atoms with Crippen LogP contribution < -0.4 is 4.74 Å². The van der Waals surface area contributed by atoms with Crippen LogP contribution in [-0.2, 0) is 0 Å². The van der Waals surface area contributed by atoms with Crippen LogP contribution in [0, 0.1) is 13.8 Å². The molecule has 0 unspecified atom stereocenters. The molecule has 0 atom stereocenters. The van der Waals surface area contributed by atoms with E-state index in [1.807, 2.05) is 0 Å². The zero-order valence-electron chi connectivity index (χ0n) is 9.49. The van der Waals surface area contributed by atoms with Crippen LogP contribution in [-0.4, -0.2) is 18.5 Å². The van der Waals surface area contributed by atoms with Crippen molar-refractivity contribution in [3.63, 3.8) is 0 Å². The van der Waals surface area contributed by atoms with Gasteiger partial charge in [-0.1, -0.05) is 17.7 Å². The van der Waals surface area contributed by atoms with Crippen molar-refractivity contribution in [2.24, 2.45) is 0 Å². The van der Waals surface area contributed by atoms with Crippen LogP contribution in [0.25, 0.3) is 0 Å². The molecule has 0 radical (unpaired) electrons. The standard InChI is InChI=1S/C11H10F6O/c1-6-3-4-8(7(2)5-6)18-9(10(12,13)14)11(15,16)17/h3-5,9H,1-2H3. The van der Waals surface area contributed by atoms with Gasteiger partial charge in [0.15, 0.2) is 0 Å². The Balaban J connectivity index is 3.05. The summed E-state index contributed by atoms with van der Waals surface area (Å²) in [7, 11) is 0. The lowest BCUT2D eigenvalue weighted by Crippen LogP contribution is -2.46. The van der Waals surface area contributed by atoms with E-state index < -0.39 is 24.2 Å². The van der Waals surface area contributed by atoms with Gasteiger partial charge in [-0.05, 0) is 25.5 Å². The van der Waals surface area contributed by atoms with E-state index in [0.29, 0.717) is 0 Å². The Morgan fingerprint density at radius 1 is 0.944 bits per heavy atom. The molecule has 0 saturated carbocycles. The summed E-state index contributed by atoms with van der Waals surface area (Å²) in [6.45, 7) is 3.05. The largest absolute Gasteiger partial charge is 0.471 e. The van der Waals surface area contributed by atoms with E-state index in [0.717, 1.165) is 11.6 Å². The van der Waals surface area contributed by atoms with E-state index in [9.17, 15) is 26.3 Å². The highest BCUT2D eigenvalue weighted by Crippen LogP contribution is 2.37. The van der Waals surface area contributed by atoms with Crippen LogP contribution in [0.5, 0.6) is 5.75 Å². The van der Waals surface area contributed by atoms with Gasteiger partial charge in [0.2, 0.25) is 0 Å². The van der Waals surface area contributed by atoms with Gasteiger partial charge in [-0.15, -0.1) is 0 Å². The number of halogens is 6. The van der Waals surface area contributed by atoms with E-state index in [4.69, 9.17) is 0 Å². The Hall–Kier alpha value is -1.40. The van der Waals surface area contributed by atoms with Crippen LogP contribution in [0.4, 0.5) is 26.3 Å². The lowest BCUT2D eigenvalue weighted by Gasteiger charge is -2.24. The summed E-state index contributed by atoms with van der Waals surface area (Å²) in [5.74, 6) is -0.430. The number of rotatable bonds is 2. The molecule has 0 N–H and O–H groups in total. The maximum atomic E-state index is 12.3. The van der Waals surface area contributed by atoms with E-state index >= 15 is 0 Å². The quantitative estimate of drug-likeness (QED) is 0.734. The third-order valence-electron chi connectivity index (χ3n) is 2.17. The molecule has 0 aliphatic rings. The number of benzene rings is 1. The predicted octanol–water partition coefficient (Wildman–Crippen LogP) is 4.18. The maximum absolute atomic E-state index is 12.3. The molecule has 0 aromatic heterocycles. The molecule has 0 spiro atoms. The van der Waals surface area contributed by atoms with Crippen molar-refractivity contribution in [2.45, 2.75) is 32.3 Å². The van der Waals surface area contributed by atoms with Crippen molar-refractivity contribution in [2.75, 3.05) is 0 Å². The van der Waals surface area contributed by atoms with Gasteiger partial charge in [0, 0.05) is 0 Å². The second kappa shape index (κ2) is 4.70. The Morgan fingerprint density at radius 2 is 1.44 bits per heavy atom. The van der Waals surface area contributed by atoms with Crippen LogP contribution in [0.3, 0.4) is 0 Å². The highest BCUT2D eigenvalue weighted by Gasteiger charge is 2.59. The van der Waals surface area contributed by atoms with Crippen molar-refractivity contribution in [3.05, 3.63) is 29.3 Å². The zero-order valence-corrected chi connectivity index (χ0v) is 9.49. The topological polar surface area (TPSA) is 9.23 Å². The summed E-state index contributed by atoms with van der Waals surface area (Å²) in [6.07, 6.45) is -14.8.